The van der Waals surface area contributed by atoms with Gasteiger partial charge in [0.1, 0.15) is 0 Å². The Morgan fingerprint density at radius 1 is 0.957 bits per heavy atom. The van der Waals surface area contributed by atoms with E-state index in [9.17, 15) is 0 Å². The van der Waals surface area contributed by atoms with Gasteiger partial charge in [-0.3, -0.25) is 15.0 Å². The lowest BCUT2D eigenvalue weighted by Crippen LogP contribution is -2.23. The summed E-state index contributed by atoms with van der Waals surface area (Å²) in [5.74, 6) is 1.17. The number of amidine groups is 1. The van der Waals surface area contributed by atoms with E-state index in [4.69, 9.17) is 9.98 Å². The lowest BCUT2D eigenvalue weighted by Gasteiger charge is -2.15. The highest BCUT2D eigenvalue weighted by molar-refractivity contribution is 5.84. The molecule has 4 heteroatoms. The van der Waals surface area contributed by atoms with Gasteiger partial charge in [-0.15, -0.1) is 0 Å². The van der Waals surface area contributed by atoms with Crippen LogP contribution in [0.25, 0.3) is 0 Å². The number of hydrogen-bond acceptors (Lipinski definition) is 4. The fourth-order valence-corrected chi connectivity index (χ4v) is 3.02. The molecule has 1 aliphatic rings. The van der Waals surface area contributed by atoms with Crippen LogP contribution in [0.1, 0.15) is 40.8 Å². The quantitative estimate of drug-likeness (QED) is 0.869. The molecule has 0 aliphatic carbocycles. The molecule has 2 aromatic rings. The number of aryl methyl sites for hydroxylation is 4. The number of aliphatic imine (C=N–C) groups is 1. The van der Waals surface area contributed by atoms with Crippen molar-refractivity contribution in [1.29, 1.82) is 0 Å². The van der Waals surface area contributed by atoms with Gasteiger partial charge in [0.15, 0.2) is 0 Å². The maximum atomic E-state index is 4.92. The molecule has 0 saturated heterocycles. The maximum absolute atomic E-state index is 4.92. The van der Waals surface area contributed by atoms with Crippen LogP contribution in [0.4, 0.5) is 0 Å². The second-order valence-corrected chi connectivity index (χ2v) is 6.28. The van der Waals surface area contributed by atoms with Crippen molar-refractivity contribution in [2.75, 3.05) is 13.6 Å². The van der Waals surface area contributed by atoms with Crippen LogP contribution in [0.15, 0.2) is 35.3 Å². The van der Waals surface area contributed by atoms with E-state index < -0.39 is 0 Å². The van der Waals surface area contributed by atoms with Crippen molar-refractivity contribution in [2.45, 2.75) is 39.7 Å². The molecule has 1 aromatic heterocycles. The predicted octanol–water partition coefficient (Wildman–Crippen LogP) is 3.42. The Morgan fingerprint density at radius 2 is 1.65 bits per heavy atom. The average molecular weight is 308 g/mol. The summed E-state index contributed by atoms with van der Waals surface area (Å²) >= 11 is 0. The van der Waals surface area contributed by atoms with Crippen molar-refractivity contribution >= 4 is 5.84 Å². The molecule has 2 heterocycles. The fourth-order valence-electron chi connectivity index (χ4n) is 3.02. The molecule has 1 unspecified atom stereocenters. The molecule has 4 nitrogen and oxygen atoms in total. The van der Waals surface area contributed by atoms with Crippen molar-refractivity contribution in [2.24, 2.45) is 4.99 Å². The lowest BCUT2D eigenvalue weighted by molar-refractivity contribution is 0.499. The van der Waals surface area contributed by atoms with Crippen molar-refractivity contribution in [3.63, 3.8) is 0 Å². The van der Waals surface area contributed by atoms with Crippen LogP contribution >= 0.6 is 0 Å². The average Bonchev–Trinajstić information content (AvgIpc) is 2.91. The number of aromatic nitrogens is 2. The predicted molar refractivity (Wildman–Crippen MR) is 93.8 cm³/mol. The molecule has 0 bridgehead atoms. The summed E-state index contributed by atoms with van der Waals surface area (Å²) in [5.41, 5.74) is 5.46. The first-order valence-corrected chi connectivity index (χ1v) is 8.18. The smallest absolute Gasteiger partial charge is 0.0999 e. The Kier molecular flexibility index (Phi) is 4.42. The van der Waals surface area contributed by atoms with E-state index in [-0.39, 0.29) is 6.04 Å². The highest BCUT2D eigenvalue weighted by Gasteiger charge is 2.23. The Labute approximate surface area is 138 Å². The molecule has 0 radical (unpaired) electrons. The summed E-state index contributed by atoms with van der Waals surface area (Å²) in [6, 6.07) is 10.8. The summed E-state index contributed by atoms with van der Waals surface area (Å²) in [7, 11) is 2.13. The minimum Gasteiger partial charge on any atom is -0.361 e. The summed E-state index contributed by atoms with van der Waals surface area (Å²) in [6.45, 7) is 7.03. The molecule has 0 spiro atoms. The molecule has 0 N–H and O–H groups in total. The van der Waals surface area contributed by atoms with Crippen LogP contribution in [-0.2, 0) is 6.42 Å². The molecular formula is C19H24N4. The van der Waals surface area contributed by atoms with Crippen LogP contribution in [0.5, 0.6) is 0 Å². The molecule has 0 amide bonds. The Hall–Kier alpha value is -2.23. The van der Waals surface area contributed by atoms with E-state index in [0.717, 1.165) is 42.2 Å². The summed E-state index contributed by atoms with van der Waals surface area (Å²) in [4.78, 5) is 16.5. The van der Waals surface area contributed by atoms with Gasteiger partial charge in [0.25, 0.3) is 0 Å². The van der Waals surface area contributed by atoms with E-state index in [1.807, 2.05) is 26.8 Å². The Balaban J connectivity index is 1.72. The number of nitrogens with zero attached hydrogens (tertiary/aromatic N) is 4. The van der Waals surface area contributed by atoms with Gasteiger partial charge in [-0.1, -0.05) is 30.3 Å². The first-order chi connectivity index (χ1) is 11.0. The highest BCUT2D eigenvalue weighted by atomic mass is 15.2. The maximum Gasteiger partial charge on any atom is 0.0999 e. The van der Waals surface area contributed by atoms with Gasteiger partial charge in [0, 0.05) is 20.0 Å². The van der Waals surface area contributed by atoms with Crippen LogP contribution in [0.2, 0.25) is 0 Å². The van der Waals surface area contributed by atoms with Gasteiger partial charge >= 0.3 is 0 Å². The Bertz CT molecular complexity index is 722. The molecule has 1 aliphatic heterocycles. The first-order valence-electron chi connectivity index (χ1n) is 8.18. The molecule has 120 valence electrons. The lowest BCUT2D eigenvalue weighted by atomic mass is 10.1. The van der Waals surface area contributed by atoms with Crippen LogP contribution < -0.4 is 0 Å². The third-order valence-electron chi connectivity index (χ3n) is 4.54. The van der Waals surface area contributed by atoms with E-state index in [0.29, 0.717) is 0 Å². The van der Waals surface area contributed by atoms with E-state index in [1.165, 1.54) is 11.4 Å². The van der Waals surface area contributed by atoms with E-state index >= 15 is 0 Å². The van der Waals surface area contributed by atoms with Gasteiger partial charge in [-0.05, 0) is 32.8 Å². The minimum absolute atomic E-state index is 0.253. The van der Waals surface area contributed by atoms with E-state index in [2.05, 4.69) is 41.2 Å². The molecule has 1 aromatic carbocycles. The summed E-state index contributed by atoms with van der Waals surface area (Å²) in [5, 5.41) is 0. The van der Waals surface area contributed by atoms with Gasteiger partial charge < -0.3 is 4.90 Å². The van der Waals surface area contributed by atoms with Gasteiger partial charge in [0.2, 0.25) is 0 Å². The van der Waals surface area contributed by atoms with Crippen LogP contribution in [0, 0.1) is 20.8 Å². The second-order valence-electron chi connectivity index (χ2n) is 6.28. The monoisotopic (exact) mass is 308 g/mol. The van der Waals surface area contributed by atoms with Gasteiger partial charge in [-0.25, -0.2) is 0 Å². The number of hydrogen-bond donors (Lipinski definition) is 0. The van der Waals surface area contributed by atoms with E-state index in [1.54, 1.807) is 0 Å². The van der Waals surface area contributed by atoms with Crippen molar-refractivity contribution < 1.29 is 0 Å². The molecule has 0 saturated carbocycles. The zero-order chi connectivity index (χ0) is 16.4. The fraction of sp³-hybridized carbons (Fsp3) is 0.421. The van der Waals surface area contributed by atoms with Gasteiger partial charge in [0.05, 0.1) is 34.7 Å². The van der Waals surface area contributed by atoms with Crippen LogP contribution in [0.3, 0.4) is 0 Å². The summed E-state index contributed by atoms with van der Waals surface area (Å²) < 4.78 is 0. The minimum atomic E-state index is 0.253. The molecule has 0 fully saturated rings. The largest absolute Gasteiger partial charge is 0.361 e. The molecule has 3 rings (SSSR count). The molecule has 1 atom stereocenters. The highest BCUT2D eigenvalue weighted by Crippen LogP contribution is 2.25. The molecular weight excluding hydrogens is 284 g/mol. The SMILES string of the molecule is Cc1nc(C)c(CCC2=NC(c3ccccc3)CN2C)nc1C. The zero-order valence-corrected chi connectivity index (χ0v) is 14.4. The Morgan fingerprint density at radius 3 is 2.39 bits per heavy atom. The van der Waals surface area contributed by atoms with Crippen molar-refractivity contribution in [1.82, 2.24) is 14.9 Å². The second kappa shape index (κ2) is 6.49. The van der Waals surface area contributed by atoms with Gasteiger partial charge in [-0.2, -0.15) is 0 Å². The van der Waals surface area contributed by atoms with Crippen LogP contribution in [-0.4, -0.2) is 34.3 Å². The van der Waals surface area contributed by atoms with Crippen molar-refractivity contribution in [3.8, 4) is 0 Å². The van der Waals surface area contributed by atoms with Crippen molar-refractivity contribution in [3.05, 3.63) is 58.7 Å². The third-order valence-corrected chi connectivity index (χ3v) is 4.54. The number of likely N-dealkylation sites (N-methyl/N-ethyl adjacent to an activating group) is 1. The zero-order valence-electron chi connectivity index (χ0n) is 14.4. The first kappa shape index (κ1) is 15.7. The normalized spacial score (nSPS) is 17.5. The topological polar surface area (TPSA) is 41.4 Å². The molecule has 23 heavy (non-hydrogen) atoms. The number of rotatable bonds is 4. The standard InChI is InChI=1S/C19H24N4/c1-13-14(2)21-17(15(3)20-13)10-11-19-22-18(12-23(19)4)16-8-6-5-7-9-16/h5-9,18H,10-12H2,1-4H3. The third kappa shape index (κ3) is 3.41. The summed E-state index contributed by atoms with van der Waals surface area (Å²) in [6.07, 6.45) is 1.81. The number of benzene rings is 1.